The van der Waals surface area contributed by atoms with Crippen LogP contribution >= 0.6 is 23.2 Å². The van der Waals surface area contributed by atoms with E-state index in [0.29, 0.717) is 40.2 Å². The Bertz CT molecular complexity index is 1430. The lowest BCUT2D eigenvalue weighted by Crippen LogP contribution is -2.46. The van der Waals surface area contributed by atoms with E-state index in [4.69, 9.17) is 42.3 Å². The highest BCUT2D eigenvalue weighted by atomic mass is 35.5. The Labute approximate surface area is 249 Å². The number of aryl methyl sites for hydroxylation is 1. The van der Waals surface area contributed by atoms with Gasteiger partial charge in [-0.2, -0.15) is 0 Å². The number of halogens is 2. The highest BCUT2D eigenvalue weighted by Crippen LogP contribution is 2.55. The summed E-state index contributed by atoms with van der Waals surface area (Å²) in [5.41, 5.74) is 4.26. The fraction of sp³-hybridized carbons (Fsp3) is 0.469. The summed E-state index contributed by atoms with van der Waals surface area (Å²) >= 11 is 13.0. The van der Waals surface area contributed by atoms with Gasteiger partial charge in [0.25, 0.3) is 0 Å². The zero-order valence-electron chi connectivity index (χ0n) is 23.1. The van der Waals surface area contributed by atoms with Crippen molar-refractivity contribution in [2.24, 2.45) is 5.41 Å². The highest BCUT2D eigenvalue weighted by Gasteiger charge is 2.48. The molecule has 4 aliphatic carbocycles. The minimum Gasteiger partial charge on any atom is -0.496 e. The van der Waals surface area contributed by atoms with Crippen molar-refractivity contribution in [3.05, 3.63) is 69.2 Å². The molecule has 2 bridgehead atoms. The first kappa shape index (κ1) is 28.3. The Kier molecular flexibility index (Phi) is 7.88. The fourth-order valence-electron chi connectivity index (χ4n) is 6.45. The van der Waals surface area contributed by atoms with Gasteiger partial charge >= 0.3 is 5.97 Å². The van der Waals surface area contributed by atoms with Crippen LogP contribution in [0, 0.1) is 5.41 Å². The Balaban J connectivity index is 1.14. The molecule has 4 aliphatic rings. The third-order valence-electron chi connectivity index (χ3n) is 9.16. The average Bonchev–Trinajstić information content (AvgIpc) is 3.75. The summed E-state index contributed by atoms with van der Waals surface area (Å²) in [5, 5.41) is 14.4. The van der Waals surface area contributed by atoms with Gasteiger partial charge in [0.05, 0.1) is 29.4 Å². The Morgan fingerprint density at radius 1 is 1.12 bits per heavy atom. The molecule has 2 heterocycles. The molecule has 0 atom stereocenters. The van der Waals surface area contributed by atoms with Crippen LogP contribution in [-0.2, 0) is 22.6 Å². The van der Waals surface area contributed by atoms with Crippen LogP contribution in [0.5, 0.6) is 5.75 Å². The van der Waals surface area contributed by atoms with Crippen molar-refractivity contribution < 1.29 is 23.9 Å². The summed E-state index contributed by atoms with van der Waals surface area (Å²) in [6.45, 7) is 0.424. The number of hydrogen-bond acceptors (Lipinski definition) is 6. The second-order valence-electron chi connectivity index (χ2n) is 11.8. The number of nitrogens with zero attached hydrogens (tertiary/aromatic N) is 2. The van der Waals surface area contributed by atoms with E-state index >= 15 is 0 Å². The van der Waals surface area contributed by atoms with E-state index in [9.17, 15) is 4.79 Å². The molecule has 41 heavy (non-hydrogen) atoms. The van der Waals surface area contributed by atoms with Crippen LogP contribution < -0.4 is 4.74 Å². The van der Waals surface area contributed by atoms with E-state index in [1.54, 1.807) is 19.5 Å². The molecule has 7 nitrogen and oxygen atoms in total. The highest BCUT2D eigenvalue weighted by molar-refractivity contribution is 6.38. The number of aromatic nitrogens is 2. The number of carbonyl (C=O) groups is 1. The lowest BCUT2D eigenvalue weighted by molar-refractivity contribution is -0.137. The summed E-state index contributed by atoms with van der Waals surface area (Å²) < 4.78 is 18.0. The fourth-order valence-corrected chi connectivity index (χ4v) is 6.99. The first-order chi connectivity index (χ1) is 19.8. The van der Waals surface area contributed by atoms with Gasteiger partial charge in [-0.3, -0.25) is 9.78 Å². The zero-order chi connectivity index (χ0) is 28.6. The third-order valence-corrected chi connectivity index (χ3v) is 9.73. The van der Waals surface area contributed by atoms with Gasteiger partial charge in [0.2, 0.25) is 0 Å². The molecule has 1 aromatic carbocycles. The largest absolute Gasteiger partial charge is 0.496 e. The topological polar surface area (TPSA) is 94.7 Å². The van der Waals surface area contributed by atoms with Gasteiger partial charge in [0.15, 0.2) is 0 Å². The number of pyridine rings is 1. The Hall–Kier alpha value is -2.87. The van der Waals surface area contributed by atoms with Gasteiger partial charge < -0.3 is 19.1 Å². The van der Waals surface area contributed by atoms with Crippen molar-refractivity contribution in [2.75, 3.05) is 7.11 Å². The summed E-state index contributed by atoms with van der Waals surface area (Å²) in [7, 11) is 1.62. The van der Waals surface area contributed by atoms with Crippen LogP contribution in [0.3, 0.4) is 0 Å². The second-order valence-corrected chi connectivity index (χ2v) is 12.6. The molecule has 3 aromatic rings. The molecule has 0 amide bonds. The number of aliphatic carboxylic acids is 1. The van der Waals surface area contributed by atoms with Crippen LogP contribution in [0.1, 0.15) is 86.2 Å². The van der Waals surface area contributed by atoms with Crippen LogP contribution in [0.25, 0.3) is 17.3 Å². The quantitative estimate of drug-likeness (QED) is 0.238. The normalized spacial score (nSPS) is 23.8. The molecule has 0 radical (unpaired) electrons. The van der Waals surface area contributed by atoms with Crippen molar-refractivity contribution in [2.45, 2.75) is 82.3 Å². The minimum atomic E-state index is -0.809. The van der Waals surface area contributed by atoms with E-state index in [0.717, 1.165) is 79.6 Å². The second kappa shape index (κ2) is 11.4. The van der Waals surface area contributed by atoms with Crippen molar-refractivity contribution in [3.63, 3.8) is 0 Å². The average molecular weight is 598 g/mol. The number of rotatable bonds is 11. The van der Waals surface area contributed by atoms with Gasteiger partial charge in [-0.25, -0.2) is 0 Å². The maximum atomic E-state index is 11.1. The molecule has 0 saturated heterocycles. The number of allylic oxidation sites excluding steroid dienone is 1. The molecule has 216 valence electrons. The van der Waals surface area contributed by atoms with Crippen molar-refractivity contribution in [1.29, 1.82) is 0 Å². The molecule has 9 heteroatoms. The van der Waals surface area contributed by atoms with Crippen molar-refractivity contribution in [1.82, 2.24) is 10.1 Å². The maximum absolute atomic E-state index is 11.1. The monoisotopic (exact) mass is 596 g/mol. The van der Waals surface area contributed by atoms with E-state index in [2.05, 4.69) is 22.3 Å². The standard InChI is InChI=1S/C32H34Cl2N2O5/c1-39-26-6-2-20(16-22(26)5-7-27(37)38)8-9-31-10-13-32(14-11-31,15-12-31)40-19-23-29(36-41-30(23)21-3-4-21)28-24(33)17-35-18-25(28)34/h2,6,8-9,16-18,21H,3-5,7,10-15,19H2,1H3,(H,37,38)/b9-8+. The molecule has 0 aliphatic heterocycles. The van der Waals surface area contributed by atoms with Crippen LogP contribution in [0.2, 0.25) is 10.0 Å². The molecule has 0 spiro atoms. The van der Waals surface area contributed by atoms with Crippen molar-refractivity contribution >= 4 is 35.2 Å². The number of ether oxygens (including phenoxy) is 2. The van der Waals surface area contributed by atoms with Crippen LogP contribution in [-0.4, -0.2) is 33.9 Å². The molecule has 4 saturated carbocycles. The SMILES string of the molecule is COc1ccc(/C=C/C23CCC(OCc4c(-c5c(Cl)cncc5Cl)noc4C4CC4)(CC2)CC3)cc1CCC(=O)O. The summed E-state index contributed by atoms with van der Waals surface area (Å²) in [6, 6.07) is 6.00. The Morgan fingerprint density at radius 3 is 2.46 bits per heavy atom. The van der Waals surface area contributed by atoms with Crippen molar-refractivity contribution in [3.8, 4) is 17.0 Å². The summed E-state index contributed by atoms with van der Waals surface area (Å²) in [4.78, 5) is 15.2. The maximum Gasteiger partial charge on any atom is 0.303 e. The molecule has 1 N–H and O–H groups in total. The predicted octanol–water partition coefficient (Wildman–Crippen LogP) is 8.27. The molecule has 2 aromatic heterocycles. The Morgan fingerprint density at radius 2 is 1.83 bits per heavy atom. The molecule has 4 fully saturated rings. The van der Waals surface area contributed by atoms with Gasteiger partial charge in [-0.1, -0.05) is 46.6 Å². The first-order valence-corrected chi connectivity index (χ1v) is 15.1. The van der Waals surface area contributed by atoms with Crippen LogP contribution in [0.4, 0.5) is 0 Å². The first-order valence-electron chi connectivity index (χ1n) is 14.3. The lowest BCUT2D eigenvalue weighted by Gasteiger charge is -2.52. The van der Waals surface area contributed by atoms with E-state index in [1.165, 1.54) is 0 Å². The van der Waals surface area contributed by atoms with E-state index in [1.807, 2.05) is 18.2 Å². The zero-order valence-corrected chi connectivity index (χ0v) is 24.6. The van der Waals surface area contributed by atoms with E-state index < -0.39 is 5.97 Å². The summed E-state index contributed by atoms with van der Waals surface area (Å²) in [5.74, 6) is 1.19. The smallest absolute Gasteiger partial charge is 0.303 e. The molecular formula is C32H34Cl2N2O5. The van der Waals surface area contributed by atoms with Crippen LogP contribution in [0.15, 0.2) is 41.2 Å². The number of hydrogen-bond donors (Lipinski definition) is 1. The summed E-state index contributed by atoms with van der Waals surface area (Å²) in [6.07, 6.45) is 16.6. The van der Waals surface area contributed by atoms with Gasteiger partial charge in [-0.15, -0.1) is 0 Å². The van der Waals surface area contributed by atoms with E-state index in [-0.39, 0.29) is 17.4 Å². The number of carboxylic acid groups (broad SMARTS) is 1. The number of fused-ring (bicyclic) bond motifs is 3. The number of benzene rings is 1. The third kappa shape index (κ3) is 5.90. The van der Waals surface area contributed by atoms with Gasteiger partial charge in [0.1, 0.15) is 17.2 Å². The number of methoxy groups -OCH3 is 1. The predicted molar refractivity (Wildman–Crippen MR) is 157 cm³/mol. The molecule has 0 unspecified atom stereocenters. The van der Waals surface area contributed by atoms with Gasteiger partial charge in [-0.05, 0) is 86.5 Å². The minimum absolute atomic E-state index is 0.0801. The van der Waals surface area contributed by atoms with Gasteiger partial charge in [0, 0.05) is 35.9 Å². The molecule has 7 rings (SSSR count). The lowest BCUT2D eigenvalue weighted by atomic mass is 9.58. The molecular weight excluding hydrogens is 563 g/mol. The number of carboxylic acids is 1.